The van der Waals surface area contributed by atoms with E-state index >= 15 is 0 Å². The number of aliphatic imine (C=N–C) groups is 1. The molecule has 5 nitrogen and oxygen atoms in total. The molecule has 1 fully saturated rings. The van der Waals surface area contributed by atoms with Gasteiger partial charge in [-0.2, -0.15) is 0 Å². The first-order valence-corrected chi connectivity index (χ1v) is 10.1. The van der Waals surface area contributed by atoms with Gasteiger partial charge in [-0.1, -0.05) is 12.1 Å². The molecule has 29 heavy (non-hydrogen) atoms. The average molecular weight is 511 g/mol. The number of hydrogen-bond acceptors (Lipinski definition) is 3. The Bertz CT molecular complexity index is 806. The standard InChI is InChI=1S/C22H30FN5.HI/c1-3-24-22(26-15-18-8-7-17(2)20(23)13-18)27-16-19-9-10-25-21(14-19)28-11-5-4-6-12-28;/h7-10,13-14H,3-6,11-12,15-16H2,1-2H3,(H2,24,26,27);1H. The van der Waals surface area contributed by atoms with Crippen LogP contribution in [0.3, 0.4) is 0 Å². The molecule has 0 atom stereocenters. The number of pyridine rings is 1. The molecule has 0 radical (unpaired) electrons. The summed E-state index contributed by atoms with van der Waals surface area (Å²) < 4.78 is 13.7. The topological polar surface area (TPSA) is 52.6 Å². The van der Waals surface area contributed by atoms with Gasteiger partial charge in [0.25, 0.3) is 0 Å². The fourth-order valence-electron chi connectivity index (χ4n) is 3.30. The van der Waals surface area contributed by atoms with Crippen molar-refractivity contribution in [3.05, 3.63) is 59.0 Å². The van der Waals surface area contributed by atoms with E-state index < -0.39 is 0 Å². The third kappa shape index (κ3) is 7.13. The van der Waals surface area contributed by atoms with E-state index in [0.29, 0.717) is 18.7 Å². The number of benzene rings is 1. The van der Waals surface area contributed by atoms with Gasteiger partial charge < -0.3 is 15.5 Å². The smallest absolute Gasteiger partial charge is 0.191 e. The lowest BCUT2D eigenvalue weighted by atomic mass is 10.1. The predicted molar refractivity (Wildman–Crippen MR) is 129 cm³/mol. The molecule has 0 aliphatic carbocycles. The van der Waals surface area contributed by atoms with Gasteiger partial charge >= 0.3 is 0 Å². The summed E-state index contributed by atoms with van der Waals surface area (Å²) in [5.41, 5.74) is 2.68. The van der Waals surface area contributed by atoms with Gasteiger partial charge in [-0.15, -0.1) is 24.0 Å². The molecule has 1 aromatic heterocycles. The van der Waals surface area contributed by atoms with E-state index in [2.05, 4.69) is 31.6 Å². The van der Waals surface area contributed by atoms with E-state index in [9.17, 15) is 4.39 Å². The van der Waals surface area contributed by atoms with Gasteiger partial charge in [-0.05, 0) is 68.0 Å². The molecule has 3 rings (SSSR count). The van der Waals surface area contributed by atoms with Crippen molar-refractivity contribution < 1.29 is 4.39 Å². The van der Waals surface area contributed by atoms with Crippen molar-refractivity contribution >= 4 is 35.8 Å². The summed E-state index contributed by atoms with van der Waals surface area (Å²) in [6.07, 6.45) is 5.66. The molecule has 0 unspecified atom stereocenters. The zero-order valence-corrected chi connectivity index (χ0v) is 19.6. The SMILES string of the molecule is CCNC(=NCc1ccc(C)c(F)c1)NCc1ccnc(N2CCCCC2)c1.I. The Labute approximate surface area is 190 Å². The van der Waals surface area contributed by atoms with Crippen LogP contribution in [0.4, 0.5) is 10.2 Å². The van der Waals surface area contributed by atoms with Crippen LogP contribution in [-0.4, -0.2) is 30.6 Å². The Morgan fingerprint density at radius 3 is 2.62 bits per heavy atom. The summed E-state index contributed by atoms with van der Waals surface area (Å²) in [6.45, 7) is 7.83. The number of nitrogens with zero attached hydrogens (tertiary/aromatic N) is 3. The van der Waals surface area contributed by atoms with E-state index in [0.717, 1.165) is 37.0 Å². The van der Waals surface area contributed by atoms with Crippen LogP contribution in [0.5, 0.6) is 0 Å². The molecular formula is C22H31FIN5. The normalized spacial score (nSPS) is 14.3. The molecule has 0 amide bonds. The minimum Gasteiger partial charge on any atom is -0.357 e. The lowest BCUT2D eigenvalue weighted by molar-refractivity contribution is 0.573. The third-order valence-electron chi connectivity index (χ3n) is 4.95. The van der Waals surface area contributed by atoms with Crippen LogP contribution in [-0.2, 0) is 13.1 Å². The molecule has 0 saturated carbocycles. The van der Waals surface area contributed by atoms with Gasteiger partial charge in [0.1, 0.15) is 11.6 Å². The van der Waals surface area contributed by atoms with Crippen LogP contribution < -0.4 is 15.5 Å². The van der Waals surface area contributed by atoms with Crippen molar-refractivity contribution in [3.63, 3.8) is 0 Å². The molecule has 1 aliphatic rings. The molecule has 2 heterocycles. The molecule has 2 N–H and O–H groups in total. The van der Waals surface area contributed by atoms with Gasteiger partial charge in [0.15, 0.2) is 5.96 Å². The zero-order chi connectivity index (χ0) is 19.8. The summed E-state index contributed by atoms with van der Waals surface area (Å²) in [6, 6.07) is 9.44. The monoisotopic (exact) mass is 511 g/mol. The van der Waals surface area contributed by atoms with Crippen LogP contribution >= 0.6 is 24.0 Å². The van der Waals surface area contributed by atoms with Crippen molar-refractivity contribution in [1.82, 2.24) is 15.6 Å². The molecule has 1 aliphatic heterocycles. The van der Waals surface area contributed by atoms with Crippen molar-refractivity contribution in [2.24, 2.45) is 4.99 Å². The maximum absolute atomic E-state index is 13.7. The number of anilines is 1. The number of hydrogen-bond donors (Lipinski definition) is 2. The summed E-state index contributed by atoms with van der Waals surface area (Å²) in [4.78, 5) is 11.5. The fourth-order valence-corrected chi connectivity index (χ4v) is 3.30. The van der Waals surface area contributed by atoms with Crippen molar-refractivity contribution in [2.45, 2.75) is 46.2 Å². The number of aryl methyl sites for hydroxylation is 1. The first-order chi connectivity index (χ1) is 13.7. The Balaban J connectivity index is 0.00000300. The average Bonchev–Trinajstić information content (AvgIpc) is 2.73. The van der Waals surface area contributed by atoms with E-state index in [-0.39, 0.29) is 29.8 Å². The quantitative estimate of drug-likeness (QED) is 0.343. The lowest BCUT2D eigenvalue weighted by Crippen LogP contribution is -2.37. The van der Waals surface area contributed by atoms with Crippen LogP contribution in [0.25, 0.3) is 0 Å². The second-order valence-corrected chi connectivity index (χ2v) is 7.20. The van der Waals surface area contributed by atoms with Crippen molar-refractivity contribution in [2.75, 3.05) is 24.5 Å². The molecule has 7 heteroatoms. The number of piperidine rings is 1. The lowest BCUT2D eigenvalue weighted by Gasteiger charge is -2.28. The number of halogens is 2. The van der Waals surface area contributed by atoms with E-state index in [1.807, 2.05) is 25.3 Å². The Hall–Kier alpha value is -1.90. The molecule has 0 spiro atoms. The highest BCUT2D eigenvalue weighted by molar-refractivity contribution is 14.0. The highest BCUT2D eigenvalue weighted by Gasteiger charge is 2.12. The summed E-state index contributed by atoms with van der Waals surface area (Å²) >= 11 is 0. The second-order valence-electron chi connectivity index (χ2n) is 7.20. The van der Waals surface area contributed by atoms with E-state index in [1.54, 1.807) is 19.1 Å². The van der Waals surface area contributed by atoms with Crippen LogP contribution in [0.1, 0.15) is 42.9 Å². The van der Waals surface area contributed by atoms with Crippen LogP contribution in [0, 0.1) is 12.7 Å². The summed E-state index contributed by atoms with van der Waals surface area (Å²) in [5, 5.41) is 6.61. The minimum atomic E-state index is -0.187. The Morgan fingerprint density at radius 1 is 1.10 bits per heavy atom. The number of aromatic nitrogens is 1. The number of guanidine groups is 1. The first-order valence-electron chi connectivity index (χ1n) is 10.1. The first kappa shape index (κ1) is 23.4. The molecule has 1 saturated heterocycles. The number of nitrogens with one attached hydrogen (secondary N) is 2. The highest BCUT2D eigenvalue weighted by atomic mass is 127. The van der Waals surface area contributed by atoms with Crippen molar-refractivity contribution in [3.8, 4) is 0 Å². The van der Waals surface area contributed by atoms with Crippen molar-refractivity contribution in [1.29, 1.82) is 0 Å². The Kier molecular flexibility index (Phi) is 9.63. The summed E-state index contributed by atoms with van der Waals surface area (Å²) in [5.74, 6) is 1.59. The number of rotatable bonds is 6. The van der Waals surface area contributed by atoms with Crippen LogP contribution in [0.2, 0.25) is 0 Å². The van der Waals surface area contributed by atoms with Gasteiger partial charge in [0.2, 0.25) is 0 Å². The molecule has 0 bridgehead atoms. The van der Waals surface area contributed by atoms with E-state index in [1.165, 1.54) is 24.8 Å². The van der Waals surface area contributed by atoms with Gasteiger partial charge in [0, 0.05) is 32.4 Å². The largest absolute Gasteiger partial charge is 0.357 e. The molecule has 1 aromatic carbocycles. The maximum atomic E-state index is 13.7. The zero-order valence-electron chi connectivity index (χ0n) is 17.2. The Morgan fingerprint density at radius 2 is 1.90 bits per heavy atom. The molecule has 158 valence electrons. The van der Waals surface area contributed by atoms with Gasteiger partial charge in [-0.3, -0.25) is 0 Å². The maximum Gasteiger partial charge on any atom is 0.191 e. The highest BCUT2D eigenvalue weighted by Crippen LogP contribution is 2.18. The summed E-state index contributed by atoms with van der Waals surface area (Å²) in [7, 11) is 0. The predicted octanol–water partition coefficient (Wildman–Crippen LogP) is 4.39. The van der Waals surface area contributed by atoms with Crippen LogP contribution in [0.15, 0.2) is 41.5 Å². The van der Waals surface area contributed by atoms with E-state index in [4.69, 9.17) is 0 Å². The second kappa shape index (κ2) is 11.9. The molecule has 2 aromatic rings. The fraction of sp³-hybridized carbons (Fsp3) is 0.455. The minimum absolute atomic E-state index is 0. The van der Waals surface area contributed by atoms with Gasteiger partial charge in [0.05, 0.1) is 6.54 Å². The third-order valence-corrected chi connectivity index (χ3v) is 4.95. The molecular weight excluding hydrogens is 480 g/mol. The van der Waals surface area contributed by atoms with Gasteiger partial charge in [-0.25, -0.2) is 14.4 Å².